The van der Waals surface area contributed by atoms with Crippen LogP contribution in [0.2, 0.25) is 0 Å². The standard InChI is InChI=1S/C14H15N5O6/c1-16-12-11(13(23)17(2)14(16)24)18(7-15-12)6-5-10(22)25-19-8(20)3-4-9(19)21/h7H,3-6H2,1-2H3. The molecule has 0 radical (unpaired) electrons. The van der Waals surface area contributed by atoms with E-state index < -0.39 is 29.0 Å². The Kier molecular flexibility index (Phi) is 3.99. The Bertz CT molecular complexity index is 997. The van der Waals surface area contributed by atoms with E-state index in [1.807, 2.05) is 0 Å². The number of hydroxylamine groups is 2. The average molecular weight is 349 g/mol. The van der Waals surface area contributed by atoms with Crippen molar-refractivity contribution in [2.75, 3.05) is 0 Å². The molecule has 2 aromatic rings. The fourth-order valence-corrected chi connectivity index (χ4v) is 2.58. The molecule has 1 aliphatic rings. The van der Waals surface area contributed by atoms with Crippen LogP contribution >= 0.6 is 0 Å². The van der Waals surface area contributed by atoms with Gasteiger partial charge in [-0.3, -0.25) is 23.5 Å². The van der Waals surface area contributed by atoms with Crippen molar-refractivity contribution in [1.82, 2.24) is 23.7 Å². The Morgan fingerprint density at radius 2 is 1.76 bits per heavy atom. The molecule has 0 aromatic carbocycles. The number of hydrogen-bond acceptors (Lipinski definition) is 7. The van der Waals surface area contributed by atoms with Crippen molar-refractivity contribution in [2.24, 2.45) is 14.1 Å². The van der Waals surface area contributed by atoms with E-state index in [2.05, 4.69) is 4.98 Å². The molecule has 1 saturated heterocycles. The van der Waals surface area contributed by atoms with Gasteiger partial charge in [0.15, 0.2) is 11.2 Å². The summed E-state index contributed by atoms with van der Waals surface area (Å²) in [4.78, 5) is 67.6. The number of carbonyl (C=O) groups is 3. The maximum atomic E-state index is 12.3. The van der Waals surface area contributed by atoms with Crippen molar-refractivity contribution in [3.63, 3.8) is 0 Å². The third-order valence-corrected chi connectivity index (χ3v) is 3.97. The van der Waals surface area contributed by atoms with E-state index >= 15 is 0 Å². The van der Waals surface area contributed by atoms with Crippen molar-refractivity contribution in [1.29, 1.82) is 0 Å². The Hall–Kier alpha value is -3.24. The lowest BCUT2D eigenvalue weighted by Crippen LogP contribution is -2.37. The Morgan fingerprint density at radius 1 is 1.12 bits per heavy atom. The summed E-state index contributed by atoms with van der Waals surface area (Å²) in [5.74, 6) is -1.90. The lowest BCUT2D eigenvalue weighted by molar-refractivity contribution is -0.197. The summed E-state index contributed by atoms with van der Waals surface area (Å²) in [6.45, 7) is 0.0407. The van der Waals surface area contributed by atoms with E-state index in [0.717, 1.165) is 4.57 Å². The molecule has 3 rings (SSSR count). The number of aryl methyl sites for hydroxylation is 2. The first-order valence-electron chi connectivity index (χ1n) is 7.48. The summed E-state index contributed by atoms with van der Waals surface area (Å²) in [6, 6.07) is 0. The molecule has 0 N–H and O–H groups in total. The van der Waals surface area contributed by atoms with Gasteiger partial charge < -0.3 is 9.40 Å². The monoisotopic (exact) mass is 349 g/mol. The normalized spacial score (nSPS) is 14.6. The second-order valence-corrected chi connectivity index (χ2v) is 5.61. The minimum absolute atomic E-state index is 0.0162. The average Bonchev–Trinajstić information content (AvgIpc) is 3.15. The van der Waals surface area contributed by atoms with Gasteiger partial charge in [-0.2, -0.15) is 0 Å². The van der Waals surface area contributed by atoms with Gasteiger partial charge in [0, 0.05) is 33.5 Å². The molecule has 1 fully saturated rings. The Balaban J connectivity index is 1.79. The SMILES string of the molecule is Cn1c(=O)c2c(ncn2CCC(=O)ON2C(=O)CCC2=O)n(C)c1=O. The lowest BCUT2D eigenvalue weighted by Gasteiger charge is -2.12. The number of nitrogens with zero attached hydrogens (tertiary/aromatic N) is 5. The number of amides is 2. The molecule has 0 atom stereocenters. The topological polar surface area (TPSA) is 126 Å². The van der Waals surface area contributed by atoms with Crippen molar-refractivity contribution in [3.8, 4) is 0 Å². The van der Waals surface area contributed by atoms with Crippen LogP contribution in [0.15, 0.2) is 15.9 Å². The van der Waals surface area contributed by atoms with Crippen LogP contribution in [0.4, 0.5) is 0 Å². The van der Waals surface area contributed by atoms with Gasteiger partial charge in [-0.1, -0.05) is 0 Å². The highest BCUT2D eigenvalue weighted by molar-refractivity contribution is 6.01. The van der Waals surface area contributed by atoms with Gasteiger partial charge in [-0.15, -0.1) is 5.06 Å². The van der Waals surface area contributed by atoms with Crippen molar-refractivity contribution in [2.45, 2.75) is 25.8 Å². The minimum atomic E-state index is -0.785. The summed E-state index contributed by atoms with van der Waals surface area (Å²) >= 11 is 0. The van der Waals surface area contributed by atoms with Crippen LogP contribution in [0.1, 0.15) is 19.3 Å². The van der Waals surface area contributed by atoms with Crippen molar-refractivity contribution < 1.29 is 19.2 Å². The molecular weight excluding hydrogens is 334 g/mol. The van der Waals surface area contributed by atoms with E-state index in [1.54, 1.807) is 0 Å². The highest BCUT2D eigenvalue weighted by Gasteiger charge is 2.32. The number of rotatable bonds is 4. The van der Waals surface area contributed by atoms with Gasteiger partial charge in [-0.05, 0) is 0 Å². The molecule has 0 spiro atoms. The number of carbonyl (C=O) groups excluding carboxylic acids is 3. The second kappa shape index (κ2) is 6.00. The van der Waals surface area contributed by atoms with E-state index in [-0.39, 0.29) is 37.0 Å². The first-order valence-corrected chi connectivity index (χ1v) is 7.48. The van der Waals surface area contributed by atoms with E-state index in [0.29, 0.717) is 5.06 Å². The van der Waals surface area contributed by atoms with Crippen LogP contribution in [0.5, 0.6) is 0 Å². The number of imidazole rings is 1. The summed E-state index contributed by atoms with van der Waals surface area (Å²) in [5, 5.41) is 0.469. The smallest absolute Gasteiger partial charge is 0.330 e. The summed E-state index contributed by atoms with van der Waals surface area (Å²) in [6.07, 6.45) is 1.18. The van der Waals surface area contributed by atoms with Crippen LogP contribution in [-0.4, -0.2) is 41.5 Å². The minimum Gasteiger partial charge on any atom is -0.330 e. The zero-order valence-electron chi connectivity index (χ0n) is 13.6. The molecule has 0 bridgehead atoms. The number of hydrogen-bond donors (Lipinski definition) is 0. The Morgan fingerprint density at radius 3 is 2.40 bits per heavy atom. The first kappa shape index (κ1) is 16.6. The maximum absolute atomic E-state index is 12.3. The van der Waals surface area contributed by atoms with Crippen LogP contribution < -0.4 is 11.2 Å². The van der Waals surface area contributed by atoms with Crippen molar-refractivity contribution >= 4 is 28.9 Å². The third-order valence-electron chi connectivity index (χ3n) is 3.97. The molecule has 132 valence electrons. The number of aromatic nitrogens is 4. The zero-order chi connectivity index (χ0) is 18.3. The van der Waals surface area contributed by atoms with Gasteiger partial charge in [-0.25, -0.2) is 14.6 Å². The summed E-state index contributed by atoms with van der Waals surface area (Å²) in [5.41, 5.74) is -0.667. The van der Waals surface area contributed by atoms with Crippen LogP contribution in [0.3, 0.4) is 0 Å². The lowest BCUT2D eigenvalue weighted by atomic mass is 10.4. The highest BCUT2D eigenvalue weighted by atomic mass is 16.7. The predicted octanol–water partition coefficient (Wildman–Crippen LogP) is -1.57. The quantitative estimate of drug-likeness (QED) is 0.611. The van der Waals surface area contributed by atoms with E-state index in [9.17, 15) is 24.0 Å². The Labute approximate surface area is 140 Å². The third kappa shape index (κ3) is 2.73. The molecule has 25 heavy (non-hydrogen) atoms. The fraction of sp³-hybridized carbons (Fsp3) is 0.429. The summed E-state index contributed by atoms with van der Waals surface area (Å²) in [7, 11) is 2.83. The number of fused-ring (bicyclic) bond motifs is 1. The molecule has 0 unspecified atom stereocenters. The van der Waals surface area contributed by atoms with Gasteiger partial charge in [0.25, 0.3) is 17.4 Å². The van der Waals surface area contributed by atoms with Crippen molar-refractivity contribution in [3.05, 3.63) is 27.2 Å². The van der Waals surface area contributed by atoms with Gasteiger partial charge in [0.05, 0.1) is 12.7 Å². The molecule has 2 aromatic heterocycles. The van der Waals surface area contributed by atoms with Gasteiger partial charge in [0.2, 0.25) is 0 Å². The molecule has 11 nitrogen and oxygen atoms in total. The molecule has 0 aliphatic carbocycles. The molecule has 1 aliphatic heterocycles. The molecule has 2 amide bonds. The first-order chi connectivity index (χ1) is 11.8. The molecule has 3 heterocycles. The maximum Gasteiger partial charge on any atom is 0.335 e. The summed E-state index contributed by atoms with van der Waals surface area (Å²) < 4.78 is 3.60. The predicted molar refractivity (Wildman–Crippen MR) is 82.0 cm³/mol. The largest absolute Gasteiger partial charge is 0.335 e. The fourth-order valence-electron chi connectivity index (χ4n) is 2.58. The molecular formula is C14H15N5O6. The van der Waals surface area contributed by atoms with Gasteiger partial charge >= 0.3 is 11.7 Å². The van der Waals surface area contributed by atoms with Crippen LogP contribution in [0, 0.1) is 0 Å². The van der Waals surface area contributed by atoms with E-state index in [1.165, 1.54) is 29.6 Å². The van der Waals surface area contributed by atoms with Gasteiger partial charge in [0.1, 0.15) is 0 Å². The zero-order valence-corrected chi connectivity index (χ0v) is 13.6. The van der Waals surface area contributed by atoms with Crippen LogP contribution in [0.25, 0.3) is 11.2 Å². The number of imide groups is 1. The van der Waals surface area contributed by atoms with Crippen LogP contribution in [-0.2, 0) is 39.9 Å². The van der Waals surface area contributed by atoms with E-state index in [4.69, 9.17) is 4.84 Å². The molecule has 0 saturated carbocycles. The second-order valence-electron chi connectivity index (χ2n) is 5.61. The highest BCUT2D eigenvalue weighted by Crippen LogP contribution is 2.13. The molecule has 11 heteroatoms.